The smallest absolute Gasteiger partial charge is 0.435 e. The van der Waals surface area contributed by atoms with Crippen LogP contribution in [-0.2, 0) is 27.2 Å². The minimum Gasteiger partial charge on any atom is -0.435 e. The molecule has 2 aliphatic rings. The average Bonchev–Trinajstić information content (AvgIpc) is 4.06. The summed E-state index contributed by atoms with van der Waals surface area (Å²) in [6.45, 7) is 0. The molecule has 0 unspecified atom stereocenters. The van der Waals surface area contributed by atoms with E-state index < -0.39 is 11.7 Å². The molecule has 8 bridgehead atoms. The molecule has 9 aromatic carbocycles. The molecule has 0 fully saturated rings. The second-order valence-corrected chi connectivity index (χ2v) is 16.9. The van der Waals surface area contributed by atoms with Gasteiger partial charge in [0.05, 0.1) is 28.7 Å². The molecule has 67 heavy (non-hydrogen) atoms. The van der Waals surface area contributed by atoms with Gasteiger partial charge in [-0.1, -0.05) is 109 Å². The van der Waals surface area contributed by atoms with Crippen LogP contribution in [0.15, 0.2) is 170 Å². The summed E-state index contributed by atoms with van der Waals surface area (Å²) in [5.74, 6) is 1.19. The summed E-state index contributed by atoms with van der Waals surface area (Å²) in [7, 11) is 0. The molecule has 0 radical (unpaired) electrons. The van der Waals surface area contributed by atoms with E-state index in [0.29, 0.717) is 78.7 Å². The molecule has 7 nitrogen and oxygen atoms in total. The predicted molar refractivity (Wildman–Crippen MR) is 257 cm³/mol. The fourth-order valence-electron chi connectivity index (χ4n) is 9.79. The Labute approximate surface area is 392 Å². The molecule has 2 aliphatic heterocycles. The van der Waals surface area contributed by atoms with Crippen LogP contribution in [0.1, 0.15) is 5.56 Å². The van der Waals surface area contributed by atoms with Crippen LogP contribution in [0.3, 0.4) is 0 Å². The van der Waals surface area contributed by atoms with Gasteiger partial charge in [0.1, 0.15) is 0 Å². The van der Waals surface area contributed by atoms with Gasteiger partial charge in [-0.25, -0.2) is 9.97 Å². The first kappa shape index (κ1) is 39.3. The minimum atomic E-state index is -4.62. The van der Waals surface area contributed by atoms with Crippen molar-refractivity contribution >= 4 is 87.1 Å². The van der Waals surface area contributed by atoms with Crippen molar-refractivity contribution in [2.45, 2.75) is 6.18 Å². The van der Waals surface area contributed by atoms with Gasteiger partial charge in [-0.3, -0.25) is 0 Å². The van der Waals surface area contributed by atoms with Crippen molar-refractivity contribution in [1.82, 2.24) is 34.9 Å². The number of aromatic nitrogens is 7. The van der Waals surface area contributed by atoms with E-state index in [1.165, 1.54) is 12.1 Å². The number of rotatable bonds is 1. The molecule has 0 atom stereocenters. The van der Waals surface area contributed by atoms with E-state index in [-0.39, 0.29) is 21.1 Å². The van der Waals surface area contributed by atoms with Gasteiger partial charge >= 0.3 is 27.2 Å². The molecule has 0 spiro atoms. The molecule has 0 N–H and O–H groups in total. The van der Waals surface area contributed by atoms with Crippen LogP contribution in [0.5, 0.6) is 0 Å². The summed E-state index contributed by atoms with van der Waals surface area (Å²) in [4.78, 5) is 36.9. The predicted octanol–water partition coefficient (Wildman–Crippen LogP) is 14.0. The van der Waals surface area contributed by atoms with Gasteiger partial charge in [-0.2, -0.15) is 13.2 Å². The van der Waals surface area contributed by atoms with Gasteiger partial charge in [0.25, 0.3) is 0 Å². The Morgan fingerprint density at radius 1 is 0.358 bits per heavy atom. The Bertz CT molecular complexity index is 4310. The number of hydrogen-bond donors (Lipinski definition) is 0. The maximum Gasteiger partial charge on any atom is 2.00 e. The molecular weight excluding hydrogens is 1020 g/mol. The van der Waals surface area contributed by atoms with Crippen LogP contribution in [-0.4, -0.2) is 24.9 Å². The SMILES string of the molecule is FC(F)(F)c1cccc(-c2c3nc(nc4[n-]c(nc5nc(nc6[n-]c2c2cc7ccccc7cc62)-c2cc6ccccc6cc2-5)c2cc5ccccc5cc42)-c2cc4ccccc4cc2-3)c1.[Pt+2]. The zero-order chi connectivity index (χ0) is 43.8. The standard InChI is InChI=1S/C56H28F3N7.Pt/c57-56(58,59)38-19-9-18-37(20-38)47-48-39-21-29-10-1-3-12-31(29)23-41(39)50(60-48)62-52-43-25-33-14-5-7-16-35(33)27-45(43)54(64-52)66-55-46-28-36-17-8-6-15-34(36)26-44(46)53(65-55)63-51-42-24-32-13-4-2-11-30(32)22-40(42)49(47)61-51;/h1-28H;/q-2;+2. The zero-order valence-electron chi connectivity index (χ0n) is 34.7. The molecule has 0 aliphatic carbocycles. The fourth-order valence-corrected chi connectivity index (χ4v) is 9.79. The Morgan fingerprint density at radius 2 is 0.746 bits per heavy atom. The second kappa shape index (κ2) is 14.5. The van der Waals surface area contributed by atoms with Crippen LogP contribution in [0.25, 0.3) is 144 Å². The molecule has 0 amide bonds. The van der Waals surface area contributed by atoms with Gasteiger partial charge in [0.15, 0.2) is 0 Å². The van der Waals surface area contributed by atoms with Crippen LogP contribution in [0.4, 0.5) is 13.2 Å². The van der Waals surface area contributed by atoms with Crippen molar-refractivity contribution in [2.75, 3.05) is 0 Å². The zero-order valence-corrected chi connectivity index (χ0v) is 37.0. The maximum absolute atomic E-state index is 14.7. The first-order valence-electron chi connectivity index (χ1n) is 21.4. The van der Waals surface area contributed by atoms with Gasteiger partial charge in [-0.05, 0) is 142 Å². The third-order valence-electron chi connectivity index (χ3n) is 12.9. The first-order valence-corrected chi connectivity index (χ1v) is 21.4. The Balaban J connectivity index is 0.00000446. The average molecular weight is 1050 g/mol. The number of alkyl halides is 3. The number of nitrogens with zero attached hydrogens (tertiary/aromatic N) is 7. The number of halogens is 3. The largest absolute Gasteiger partial charge is 2.00 e. The van der Waals surface area contributed by atoms with Crippen molar-refractivity contribution in [2.24, 2.45) is 0 Å². The van der Waals surface area contributed by atoms with Crippen molar-refractivity contribution in [3.63, 3.8) is 0 Å². The van der Waals surface area contributed by atoms with Crippen molar-refractivity contribution in [3.05, 3.63) is 175 Å². The van der Waals surface area contributed by atoms with Crippen molar-refractivity contribution < 1.29 is 34.2 Å². The molecule has 318 valence electrons. The Kier molecular flexibility index (Phi) is 8.49. The number of hydrogen-bond acceptors (Lipinski definition) is 5. The van der Waals surface area contributed by atoms with Gasteiger partial charge in [-0.15, -0.1) is 0 Å². The number of fused-ring (bicyclic) bond motifs is 24. The normalized spacial score (nSPS) is 12.3. The van der Waals surface area contributed by atoms with E-state index in [4.69, 9.17) is 34.9 Å². The van der Waals surface area contributed by atoms with Gasteiger partial charge in [0.2, 0.25) is 0 Å². The monoisotopic (exact) mass is 1050 g/mol. The maximum atomic E-state index is 14.7. The third kappa shape index (κ3) is 6.13. The van der Waals surface area contributed by atoms with E-state index >= 15 is 0 Å². The molecule has 11 heteroatoms. The quantitative estimate of drug-likeness (QED) is 0.162. The topological polar surface area (TPSA) is 92.7 Å². The van der Waals surface area contributed by atoms with E-state index in [9.17, 15) is 13.2 Å². The van der Waals surface area contributed by atoms with E-state index in [1.807, 2.05) is 109 Å². The van der Waals surface area contributed by atoms with Crippen molar-refractivity contribution in [3.8, 4) is 56.5 Å². The van der Waals surface area contributed by atoms with Crippen LogP contribution < -0.4 is 9.97 Å². The van der Waals surface area contributed by atoms with Crippen molar-refractivity contribution in [1.29, 1.82) is 0 Å². The summed E-state index contributed by atoms with van der Waals surface area (Å²) < 4.78 is 44.2. The summed E-state index contributed by atoms with van der Waals surface area (Å²) in [6.07, 6.45) is -4.62. The molecule has 3 aromatic heterocycles. The second-order valence-electron chi connectivity index (χ2n) is 16.9. The number of benzene rings is 9. The summed E-state index contributed by atoms with van der Waals surface area (Å²) in [5.41, 5.74) is 4.91. The third-order valence-corrected chi connectivity index (χ3v) is 12.9. The molecule has 0 saturated heterocycles. The van der Waals surface area contributed by atoms with Gasteiger partial charge < -0.3 is 24.9 Å². The van der Waals surface area contributed by atoms with Crippen LogP contribution in [0, 0.1) is 0 Å². The minimum absolute atomic E-state index is 0. The molecule has 0 saturated carbocycles. The fraction of sp³-hybridized carbons (Fsp3) is 0.0179. The summed E-state index contributed by atoms with van der Waals surface area (Å²) >= 11 is 0. The Hall–Kier alpha value is -8.07. The van der Waals surface area contributed by atoms with Crippen LogP contribution >= 0.6 is 0 Å². The summed E-state index contributed by atoms with van der Waals surface area (Å²) in [5, 5.41) is 10.8. The molecular formula is C56H28F3N7Pt. The summed E-state index contributed by atoms with van der Waals surface area (Å²) in [6, 6.07) is 54.0. The molecule has 12 aromatic rings. The van der Waals surface area contributed by atoms with Crippen LogP contribution in [0.2, 0.25) is 0 Å². The Morgan fingerprint density at radius 3 is 1.22 bits per heavy atom. The molecule has 5 heterocycles. The van der Waals surface area contributed by atoms with E-state index in [1.54, 1.807) is 6.07 Å². The van der Waals surface area contributed by atoms with E-state index in [2.05, 4.69) is 36.4 Å². The first-order chi connectivity index (χ1) is 32.3. The van der Waals surface area contributed by atoms with E-state index in [0.717, 1.165) is 71.1 Å². The van der Waals surface area contributed by atoms with Gasteiger partial charge in [0, 0.05) is 39.1 Å². The molecule has 14 rings (SSSR count).